The third-order valence-electron chi connectivity index (χ3n) is 5.22. The van der Waals surface area contributed by atoms with Crippen LogP contribution in [0.1, 0.15) is 50.3 Å². The van der Waals surface area contributed by atoms with Gasteiger partial charge in [-0.25, -0.2) is 0 Å². The highest BCUT2D eigenvalue weighted by Gasteiger charge is 2.38. The summed E-state index contributed by atoms with van der Waals surface area (Å²) in [6.07, 6.45) is 10.4. The predicted molar refractivity (Wildman–Crippen MR) is 77.7 cm³/mol. The van der Waals surface area contributed by atoms with Crippen molar-refractivity contribution in [2.45, 2.75) is 44.6 Å². The molecule has 3 heteroatoms. The third kappa shape index (κ3) is 2.67. The van der Waals surface area contributed by atoms with Crippen molar-refractivity contribution in [1.82, 2.24) is 9.88 Å². The monoisotopic (exact) mass is 259 g/mol. The highest BCUT2D eigenvalue weighted by molar-refractivity contribution is 5.10. The summed E-state index contributed by atoms with van der Waals surface area (Å²) in [5.74, 6) is 0. The molecule has 1 spiro atoms. The number of nitrogens with zero attached hydrogens (tertiary/aromatic N) is 2. The summed E-state index contributed by atoms with van der Waals surface area (Å²) in [6, 6.07) is 6.45. The van der Waals surface area contributed by atoms with Crippen molar-refractivity contribution in [3.05, 3.63) is 30.1 Å². The fourth-order valence-corrected chi connectivity index (χ4v) is 3.96. The lowest BCUT2D eigenvalue weighted by molar-refractivity contribution is 0.0766. The first kappa shape index (κ1) is 13.1. The Labute approximate surface area is 116 Å². The number of hydrogen-bond acceptors (Lipinski definition) is 3. The van der Waals surface area contributed by atoms with Crippen molar-refractivity contribution in [1.29, 1.82) is 0 Å². The number of hydrogen-bond donors (Lipinski definition) is 1. The molecule has 1 aliphatic carbocycles. The molecule has 3 nitrogen and oxygen atoms in total. The van der Waals surface area contributed by atoms with E-state index in [1.807, 2.05) is 12.3 Å². The Morgan fingerprint density at radius 3 is 2.47 bits per heavy atom. The minimum atomic E-state index is 0.306. The van der Waals surface area contributed by atoms with Gasteiger partial charge in [-0.15, -0.1) is 0 Å². The molecule has 0 radical (unpaired) electrons. The lowest BCUT2D eigenvalue weighted by atomic mass is 9.76. The van der Waals surface area contributed by atoms with Gasteiger partial charge in [-0.3, -0.25) is 9.88 Å². The predicted octanol–water partition coefficient (Wildman–Crippen LogP) is 2.74. The average molecular weight is 259 g/mol. The van der Waals surface area contributed by atoms with Crippen molar-refractivity contribution in [2.24, 2.45) is 11.1 Å². The van der Waals surface area contributed by atoms with E-state index in [9.17, 15) is 0 Å². The number of aromatic nitrogens is 1. The second-order valence-electron chi connectivity index (χ2n) is 6.25. The molecule has 1 unspecified atom stereocenters. The van der Waals surface area contributed by atoms with Gasteiger partial charge in [-0.2, -0.15) is 0 Å². The van der Waals surface area contributed by atoms with Gasteiger partial charge in [0, 0.05) is 12.7 Å². The van der Waals surface area contributed by atoms with Gasteiger partial charge in [0.15, 0.2) is 0 Å². The zero-order valence-corrected chi connectivity index (χ0v) is 11.7. The molecule has 0 aromatic carbocycles. The summed E-state index contributed by atoms with van der Waals surface area (Å²) in [7, 11) is 0. The zero-order valence-electron chi connectivity index (χ0n) is 11.7. The second kappa shape index (κ2) is 5.59. The maximum Gasteiger partial charge on any atom is 0.0644 e. The number of pyridine rings is 1. The summed E-state index contributed by atoms with van der Waals surface area (Å²) >= 11 is 0. The second-order valence-corrected chi connectivity index (χ2v) is 6.25. The highest BCUT2D eigenvalue weighted by atomic mass is 15.2. The van der Waals surface area contributed by atoms with E-state index in [0.717, 1.165) is 5.69 Å². The van der Waals surface area contributed by atoms with Gasteiger partial charge in [-0.05, 0) is 56.3 Å². The van der Waals surface area contributed by atoms with E-state index in [2.05, 4.69) is 22.0 Å². The fraction of sp³-hybridized carbons (Fsp3) is 0.688. The van der Waals surface area contributed by atoms with Crippen LogP contribution in [0.15, 0.2) is 24.4 Å². The van der Waals surface area contributed by atoms with E-state index in [1.54, 1.807) is 0 Å². The Morgan fingerprint density at radius 1 is 1.16 bits per heavy atom. The topological polar surface area (TPSA) is 42.1 Å². The maximum absolute atomic E-state index is 6.00. The summed E-state index contributed by atoms with van der Waals surface area (Å²) < 4.78 is 0. The van der Waals surface area contributed by atoms with Crippen LogP contribution in [0, 0.1) is 5.41 Å². The van der Waals surface area contributed by atoms with E-state index < -0.39 is 0 Å². The first-order valence-corrected chi connectivity index (χ1v) is 7.68. The lowest BCUT2D eigenvalue weighted by Gasteiger charge is -2.42. The van der Waals surface area contributed by atoms with E-state index in [-0.39, 0.29) is 0 Å². The molecule has 0 amide bonds. The molecule has 2 fully saturated rings. The SMILES string of the molecule is NCC(c1ccccn1)N1CCC2(CCCC2)CC1. The van der Waals surface area contributed by atoms with E-state index in [4.69, 9.17) is 5.73 Å². The average Bonchev–Trinajstić information content (AvgIpc) is 2.92. The van der Waals surface area contributed by atoms with Crippen molar-refractivity contribution >= 4 is 0 Å². The number of piperidine rings is 1. The molecule has 1 aromatic heterocycles. The molecular weight excluding hydrogens is 234 g/mol. The van der Waals surface area contributed by atoms with Crippen LogP contribution in [0.3, 0.4) is 0 Å². The molecule has 1 atom stereocenters. The maximum atomic E-state index is 6.00. The minimum Gasteiger partial charge on any atom is -0.329 e. The Kier molecular flexibility index (Phi) is 3.85. The summed E-state index contributed by atoms with van der Waals surface area (Å²) in [6.45, 7) is 3.06. The van der Waals surface area contributed by atoms with Gasteiger partial charge < -0.3 is 5.73 Å². The number of likely N-dealkylation sites (tertiary alicyclic amines) is 1. The molecule has 2 N–H and O–H groups in total. The Morgan fingerprint density at radius 2 is 1.89 bits per heavy atom. The van der Waals surface area contributed by atoms with Crippen LogP contribution in [0.25, 0.3) is 0 Å². The Bertz CT molecular complexity index is 388. The minimum absolute atomic E-state index is 0.306. The van der Waals surface area contributed by atoms with E-state index in [1.165, 1.54) is 51.6 Å². The van der Waals surface area contributed by atoms with Gasteiger partial charge in [0.2, 0.25) is 0 Å². The molecule has 1 aromatic rings. The fourth-order valence-electron chi connectivity index (χ4n) is 3.96. The zero-order chi connectivity index (χ0) is 13.1. The molecule has 2 aliphatic rings. The normalized spacial score (nSPS) is 24.7. The molecule has 104 valence electrons. The summed E-state index contributed by atoms with van der Waals surface area (Å²) in [4.78, 5) is 7.04. The number of nitrogens with two attached hydrogens (primary N) is 1. The summed E-state index contributed by atoms with van der Waals surface area (Å²) in [5.41, 5.74) is 7.81. The Balaban J connectivity index is 1.66. The molecule has 1 saturated carbocycles. The first-order chi connectivity index (χ1) is 9.33. The summed E-state index contributed by atoms with van der Waals surface area (Å²) in [5, 5.41) is 0. The standard InChI is InChI=1S/C16H25N3/c17-13-15(14-5-1-4-10-18-14)19-11-8-16(9-12-19)6-2-3-7-16/h1,4-5,10,15H,2-3,6-9,11-13,17H2. The molecule has 19 heavy (non-hydrogen) atoms. The van der Waals surface area contributed by atoms with Gasteiger partial charge in [0.1, 0.15) is 0 Å². The molecule has 1 saturated heterocycles. The van der Waals surface area contributed by atoms with Crippen LogP contribution in [0.5, 0.6) is 0 Å². The van der Waals surface area contributed by atoms with Crippen LogP contribution in [-0.4, -0.2) is 29.5 Å². The smallest absolute Gasteiger partial charge is 0.0644 e. The van der Waals surface area contributed by atoms with Crippen LogP contribution in [0.4, 0.5) is 0 Å². The third-order valence-corrected chi connectivity index (χ3v) is 5.22. The quantitative estimate of drug-likeness (QED) is 0.907. The molecular formula is C16H25N3. The number of rotatable bonds is 3. The van der Waals surface area contributed by atoms with Crippen LogP contribution < -0.4 is 5.73 Å². The highest BCUT2D eigenvalue weighted by Crippen LogP contribution is 2.46. The van der Waals surface area contributed by atoms with Crippen LogP contribution in [-0.2, 0) is 0 Å². The van der Waals surface area contributed by atoms with Crippen LogP contribution >= 0.6 is 0 Å². The van der Waals surface area contributed by atoms with Gasteiger partial charge >= 0.3 is 0 Å². The molecule has 3 rings (SSSR count). The van der Waals surface area contributed by atoms with Crippen LogP contribution in [0.2, 0.25) is 0 Å². The van der Waals surface area contributed by atoms with E-state index >= 15 is 0 Å². The molecule has 1 aliphatic heterocycles. The Hall–Kier alpha value is -0.930. The van der Waals surface area contributed by atoms with Gasteiger partial charge in [-0.1, -0.05) is 18.9 Å². The van der Waals surface area contributed by atoms with E-state index in [0.29, 0.717) is 18.0 Å². The van der Waals surface area contributed by atoms with Crippen molar-refractivity contribution < 1.29 is 0 Å². The largest absolute Gasteiger partial charge is 0.329 e. The van der Waals surface area contributed by atoms with Crippen molar-refractivity contribution in [2.75, 3.05) is 19.6 Å². The molecule has 2 heterocycles. The molecule has 0 bridgehead atoms. The van der Waals surface area contributed by atoms with Gasteiger partial charge in [0.05, 0.1) is 11.7 Å². The lowest BCUT2D eigenvalue weighted by Crippen LogP contribution is -2.43. The van der Waals surface area contributed by atoms with Gasteiger partial charge in [0.25, 0.3) is 0 Å². The first-order valence-electron chi connectivity index (χ1n) is 7.68. The van der Waals surface area contributed by atoms with Crippen molar-refractivity contribution in [3.63, 3.8) is 0 Å². The van der Waals surface area contributed by atoms with Crippen molar-refractivity contribution in [3.8, 4) is 0 Å².